The topological polar surface area (TPSA) is 72.3 Å². The largest absolute Gasteiger partial charge is 0.383 e. The van der Waals surface area contributed by atoms with Crippen LogP contribution in [0, 0.1) is 0 Å². The first-order valence-corrected chi connectivity index (χ1v) is 8.64. The summed E-state index contributed by atoms with van der Waals surface area (Å²) >= 11 is 1.52. The molecular formula is C15H21N5O2S. The van der Waals surface area contributed by atoms with Crippen LogP contribution in [0.1, 0.15) is 29.8 Å². The molecule has 124 valence electrons. The van der Waals surface area contributed by atoms with Gasteiger partial charge in [0.25, 0.3) is 5.91 Å². The minimum atomic E-state index is -0.137. The summed E-state index contributed by atoms with van der Waals surface area (Å²) in [6, 6.07) is 3.62. The predicted octanol–water partition coefficient (Wildman–Crippen LogP) is 1.70. The summed E-state index contributed by atoms with van der Waals surface area (Å²) in [7, 11) is 1.61. The second-order valence-electron chi connectivity index (χ2n) is 5.43. The van der Waals surface area contributed by atoms with Gasteiger partial charge in [-0.2, -0.15) is 0 Å². The van der Waals surface area contributed by atoms with E-state index in [9.17, 15) is 4.79 Å². The Morgan fingerprint density at radius 3 is 2.87 bits per heavy atom. The van der Waals surface area contributed by atoms with Crippen molar-refractivity contribution >= 4 is 22.4 Å². The fourth-order valence-corrected chi connectivity index (χ4v) is 3.50. The highest BCUT2D eigenvalue weighted by Crippen LogP contribution is 2.26. The minimum Gasteiger partial charge on any atom is -0.383 e. The Morgan fingerprint density at radius 1 is 1.30 bits per heavy atom. The van der Waals surface area contributed by atoms with E-state index < -0.39 is 0 Å². The van der Waals surface area contributed by atoms with Crippen molar-refractivity contribution in [2.24, 2.45) is 0 Å². The van der Waals surface area contributed by atoms with Crippen molar-refractivity contribution in [3.05, 3.63) is 24.0 Å². The number of aromatic nitrogens is 3. The third-order valence-electron chi connectivity index (χ3n) is 3.81. The Morgan fingerprint density at radius 2 is 2.09 bits per heavy atom. The van der Waals surface area contributed by atoms with Gasteiger partial charge >= 0.3 is 0 Å². The van der Waals surface area contributed by atoms with Gasteiger partial charge in [-0.3, -0.25) is 9.36 Å². The zero-order valence-electron chi connectivity index (χ0n) is 13.2. The molecule has 0 unspecified atom stereocenters. The van der Waals surface area contributed by atoms with Crippen LogP contribution in [0.2, 0.25) is 0 Å². The molecule has 3 rings (SSSR count). The quantitative estimate of drug-likeness (QED) is 0.814. The summed E-state index contributed by atoms with van der Waals surface area (Å²) < 4.78 is 6.73. The fraction of sp³-hybridized carbons (Fsp3) is 0.533. The Bertz CT molecular complexity index is 648. The maximum atomic E-state index is 12.2. The highest BCUT2D eigenvalue weighted by molar-refractivity contribution is 7.17. The summed E-state index contributed by atoms with van der Waals surface area (Å²) in [6.07, 6.45) is 5.52. The molecule has 1 aliphatic heterocycles. The number of carbonyl (C=O) groups is 1. The third-order valence-corrected chi connectivity index (χ3v) is 4.79. The molecule has 1 aliphatic rings. The summed E-state index contributed by atoms with van der Waals surface area (Å²) in [4.78, 5) is 14.5. The number of rotatable bonds is 6. The summed E-state index contributed by atoms with van der Waals surface area (Å²) in [5.41, 5.74) is 0.558. The zero-order valence-corrected chi connectivity index (χ0v) is 14.0. The van der Waals surface area contributed by atoms with Gasteiger partial charge in [0.2, 0.25) is 10.3 Å². The van der Waals surface area contributed by atoms with Gasteiger partial charge in [-0.1, -0.05) is 11.3 Å². The number of piperidine rings is 1. The van der Waals surface area contributed by atoms with Crippen LogP contribution in [-0.4, -0.2) is 54.0 Å². The van der Waals surface area contributed by atoms with Crippen molar-refractivity contribution in [3.8, 4) is 5.13 Å². The molecule has 0 radical (unpaired) electrons. The zero-order chi connectivity index (χ0) is 16.1. The lowest BCUT2D eigenvalue weighted by atomic mass is 10.1. The number of ether oxygens (including phenoxy) is 1. The lowest BCUT2D eigenvalue weighted by Crippen LogP contribution is -2.29. The van der Waals surface area contributed by atoms with Gasteiger partial charge in [-0.15, -0.1) is 10.2 Å². The van der Waals surface area contributed by atoms with Gasteiger partial charge in [-0.25, -0.2) is 0 Å². The van der Waals surface area contributed by atoms with Crippen LogP contribution in [0.4, 0.5) is 5.13 Å². The Balaban J connectivity index is 1.73. The monoisotopic (exact) mass is 335 g/mol. The molecule has 1 amide bonds. The van der Waals surface area contributed by atoms with Gasteiger partial charge in [0.05, 0.1) is 6.61 Å². The standard InChI is InChI=1S/C15H21N5O2S/c1-22-11-7-16-13(21)12-6-5-10-20(12)15-18-17-14(23-15)19-8-3-2-4-9-19/h5-6,10H,2-4,7-9,11H2,1H3,(H,16,21). The van der Waals surface area contributed by atoms with Gasteiger partial charge in [-0.05, 0) is 31.4 Å². The number of methoxy groups -OCH3 is 1. The van der Waals surface area contributed by atoms with Crippen LogP contribution in [-0.2, 0) is 4.74 Å². The molecule has 2 aromatic heterocycles. The first kappa shape index (κ1) is 15.9. The van der Waals surface area contributed by atoms with Crippen LogP contribution in [0.15, 0.2) is 18.3 Å². The Kier molecular flexibility index (Phi) is 5.24. The first-order chi connectivity index (χ1) is 11.3. The molecule has 0 atom stereocenters. The minimum absolute atomic E-state index is 0.137. The third kappa shape index (κ3) is 3.70. The second kappa shape index (κ2) is 7.56. The number of carbonyl (C=O) groups excluding carboxylic acids is 1. The number of nitrogens with zero attached hydrogens (tertiary/aromatic N) is 4. The molecule has 23 heavy (non-hydrogen) atoms. The van der Waals surface area contributed by atoms with E-state index in [2.05, 4.69) is 20.4 Å². The molecule has 0 spiro atoms. The van der Waals surface area contributed by atoms with Crippen molar-refractivity contribution < 1.29 is 9.53 Å². The van der Waals surface area contributed by atoms with Gasteiger partial charge in [0, 0.05) is 32.9 Å². The smallest absolute Gasteiger partial charge is 0.268 e. The van der Waals surface area contributed by atoms with E-state index in [0.29, 0.717) is 24.0 Å². The summed E-state index contributed by atoms with van der Waals surface area (Å²) in [6.45, 7) is 3.04. The summed E-state index contributed by atoms with van der Waals surface area (Å²) in [5, 5.41) is 13.0. The summed E-state index contributed by atoms with van der Waals surface area (Å²) in [5.74, 6) is -0.137. The van der Waals surface area contributed by atoms with Crippen molar-refractivity contribution in [1.82, 2.24) is 20.1 Å². The van der Waals surface area contributed by atoms with E-state index in [0.717, 1.165) is 18.2 Å². The molecule has 1 fully saturated rings. The van der Waals surface area contributed by atoms with Crippen LogP contribution in [0.5, 0.6) is 0 Å². The number of hydrogen-bond donors (Lipinski definition) is 1. The van der Waals surface area contributed by atoms with E-state index in [4.69, 9.17) is 4.74 Å². The molecule has 8 heteroatoms. The second-order valence-corrected chi connectivity index (χ2v) is 6.36. The van der Waals surface area contributed by atoms with E-state index in [1.165, 1.54) is 30.6 Å². The predicted molar refractivity (Wildman–Crippen MR) is 89.5 cm³/mol. The van der Waals surface area contributed by atoms with Crippen LogP contribution in [0.3, 0.4) is 0 Å². The number of anilines is 1. The van der Waals surface area contributed by atoms with Gasteiger partial charge < -0.3 is 15.0 Å². The SMILES string of the molecule is COCCNC(=O)c1cccn1-c1nnc(N2CCCCC2)s1. The molecule has 0 saturated carbocycles. The maximum absolute atomic E-state index is 12.2. The van der Waals surface area contributed by atoms with E-state index in [1.807, 2.05) is 12.3 Å². The molecule has 1 saturated heterocycles. The highest BCUT2D eigenvalue weighted by Gasteiger charge is 2.18. The van der Waals surface area contributed by atoms with Gasteiger partial charge in [0.15, 0.2) is 0 Å². The molecule has 1 N–H and O–H groups in total. The molecule has 0 bridgehead atoms. The molecule has 3 heterocycles. The van der Waals surface area contributed by atoms with E-state index in [-0.39, 0.29) is 5.91 Å². The molecular weight excluding hydrogens is 314 g/mol. The normalized spacial score (nSPS) is 14.9. The fourth-order valence-electron chi connectivity index (χ4n) is 2.61. The van der Waals surface area contributed by atoms with E-state index in [1.54, 1.807) is 17.7 Å². The number of nitrogens with one attached hydrogen (secondary N) is 1. The van der Waals surface area contributed by atoms with Gasteiger partial charge in [0.1, 0.15) is 5.69 Å². The van der Waals surface area contributed by atoms with Crippen LogP contribution >= 0.6 is 11.3 Å². The number of hydrogen-bond acceptors (Lipinski definition) is 6. The first-order valence-electron chi connectivity index (χ1n) is 7.83. The number of amides is 1. The van der Waals surface area contributed by atoms with Crippen molar-refractivity contribution in [2.75, 3.05) is 38.3 Å². The molecule has 0 aromatic carbocycles. The average Bonchev–Trinajstić information content (AvgIpc) is 3.25. The van der Waals surface area contributed by atoms with E-state index >= 15 is 0 Å². The molecule has 2 aromatic rings. The maximum Gasteiger partial charge on any atom is 0.268 e. The average molecular weight is 335 g/mol. The lowest BCUT2D eigenvalue weighted by molar-refractivity contribution is 0.0930. The molecule has 0 aliphatic carbocycles. The van der Waals surface area contributed by atoms with Crippen molar-refractivity contribution in [2.45, 2.75) is 19.3 Å². The van der Waals surface area contributed by atoms with Crippen LogP contribution < -0.4 is 10.2 Å². The highest BCUT2D eigenvalue weighted by atomic mass is 32.1. The molecule has 7 nitrogen and oxygen atoms in total. The lowest BCUT2D eigenvalue weighted by Gasteiger charge is -2.25. The van der Waals surface area contributed by atoms with Crippen molar-refractivity contribution in [3.63, 3.8) is 0 Å². The Labute approximate surface area is 139 Å². The van der Waals surface area contributed by atoms with Crippen LogP contribution in [0.25, 0.3) is 5.13 Å². The Hall–Kier alpha value is -1.93. The van der Waals surface area contributed by atoms with Crippen molar-refractivity contribution in [1.29, 1.82) is 0 Å².